The molecule has 104 valence electrons. The number of carboxylic acids is 1. The summed E-state index contributed by atoms with van der Waals surface area (Å²) >= 11 is 0. The first-order valence-corrected chi connectivity index (χ1v) is 6.86. The zero-order valence-corrected chi connectivity index (χ0v) is 11.8. The number of aromatic nitrogens is 1. The quantitative estimate of drug-likeness (QED) is 0.898. The summed E-state index contributed by atoms with van der Waals surface area (Å²) in [4.78, 5) is 15.5. The lowest BCUT2D eigenvalue weighted by Crippen LogP contribution is -2.13. The number of carbonyl (C=O) groups is 1. The maximum Gasteiger partial charge on any atom is 0.315 e. The Hall–Kier alpha value is -2.16. The van der Waals surface area contributed by atoms with Gasteiger partial charge < -0.3 is 5.11 Å². The zero-order valence-electron chi connectivity index (χ0n) is 11.8. The fourth-order valence-electron chi connectivity index (χ4n) is 2.29. The van der Waals surface area contributed by atoms with Crippen LogP contribution in [0.3, 0.4) is 0 Å². The summed E-state index contributed by atoms with van der Waals surface area (Å²) in [5, 5.41) is 9.48. The Labute approximate surface area is 119 Å². The van der Waals surface area contributed by atoms with Crippen molar-refractivity contribution in [3.05, 3.63) is 65.5 Å². The van der Waals surface area contributed by atoms with Crippen LogP contribution in [0.15, 0.2) is 48.8 Å². The van der Waals surface area contributed by atoms with E-state index in [1.807, 2.05) is 24.3 Å². The van der Waals surface area contributed by atoms with Crippen molar-refractivity contribution in [1.82, 2.24) is 4.98 Å². The predicted octanol–water partition coefficient (Wildman–Crippen LogP) is 3.81. The number of rotatable bonds is 5. The van der Waals surface area contributed by atoms with E-state index in [2.05, 4.69) is 18.8 Å². The van der Waals surface area contributed by atoms with Gasteiger partial charge in [0, 0.05) is 12.4 Å². The average molecular weight is 269 g/mol. The Kier molecular flexibility index (Phi) is 4.51. The molecule has 0 aliphatic carbocycles. The summed E-state index contributed by atoms with van der Waals surface area (Å²) in [6.07, 6.45) is 4.32. The van der Waals surface area contributed by atoms with Crippen LogP contribution in [0.4, 0.5) is 0 Å². The molecule has 0 amide bonds. The van der Waals surface area contributed by atoms with Gasteiger partial charge in [0.1, 0.15) is 5.92 Å². The molecule has 0 saturated heterocycles. The van der Waals surface area contributed by atoms with Crippen molar-refractivity contribution in [2.24, 2.45) is 0 Å². The van der Waals surface area contributed by atoms with Crippen LogP contribution < -0.4 is 0 Å². The van der Waals surface area contributed by atoms with Gasteiger partial charge in [0.05, 0.1) is 0 Å². The molecule has 0 spiro atoms. The second kappa shape index (κ2) is 6.33. The van der Waals surface area contributed by atoms with Crippen LogP contribution in [0.1, 0.15) is 48.8 Å². The molecule has 1 N–H and O–H groups in total. The van der Waals surface area contributed by atoms with E-state index < -0.39 is 11.9 Å². The van der Waals surface area contributed by atoms with Gasteiger partial charge in [-0.2, -0.15) is 0 Å². The first-order chi connectivity index (χ1) is 9.63. The Balaban J connectivity index is 2.34. The molecule has 1 heterocycles. The second-order valence-electron chi connectivity index (χ2n) is 5.03. The molecule has 20 heavy (non-hydrogen) atoms. The fourth-order valence-corrected chi connectivity index (χ4v) is 2.29. The lowest BCUT2D eigenvalue weighted by Gasteiger charge is -2.15. The van der Waals surface area contributed by atoms with E-state index in [1.165, 1.54) is 5.56 Å². The van der Waals surface area contributed by atoms with Crippen molar-refractivity contribution in [3.63, 3.8) is 0 Å². The largest absolute Gasteiger partial charge is 0.481 e. The number of pyridine rings is 1. The molecule has 1 aromatic carbocycles. The van der Waals surface area contributed by atoms with E-state index in [9.17, 15) is 9.90 Å². The second-order valence-corrected chi connectivity index (χ2v) is 5.03. The van der Waals surface area contributed by atoms with Gasteiger partial charge >= 0.3 is 5.97 Å². The number of aliphatic carboxylic acids is 1. The van der Waals surface area contributed by atoms with E-state index in [4.69, 9.17) is 0 Å². The number of hydrogen-bond donors (Lipinski definition) is 1. The van der Waals surface area contributed by atoms with E-state index in [0.29, 0.717) is 5.92 Å². The van der Waals surface area contributed by atoms with Gasteiger partial charge in [0.25, 0.3) is 0 Å². The molecular weight excluding hydrogens is 250 g/mol. The summed E-state index contributed by atoms with van der Waals surface area (Å²) in [7, 11) is 0. The topological polar surface area (TPSA) is 50.2 Å². The highest BCUT2D eigenvalue weighted by atomic mass is 16.4. The normalized spacial score (nSPS) is 13.7. The Morgan fingerprint density at radius 1 is 1.05 bits per heavy atom. The van der Waals surface area contributed by atoms with Crippen LogP contribution in [0, 0.1) is 0 Å². The minimum Gasteiger partial charge on any atom is -0.481 e. The molecule has 0 saturated carbocycles. The van der Waals surface area contributed by atoms with Gasteiger partial charge in [0.15, 0.2) is 0 Å². The van der Waals surface area contributed by atoms with Crippen LogP contribution in [-0.4, -0.2) is 16.1 Å². The molecule has 1 aromatic heterocycles. The molecular formula is C17H19NO2. The van der Waals surface area contributed by atoms with Crippen LogP contribution in [-0.2, 0) is 4.79 Å². The highest BCUT2D eigenvalue weighted by molar-refractivity contribution is 5.80. The number of benzene rings is 1. The molecule has 0 bridgehead atoms. The standard InChI is InChI=1S/C17H19NO2/c1-3-12(2)13-4-6-14(7-5-13)16(17(19)20)15-8-10-18-11-9-15/h4-12,16H,3H2,1-2H3,(H,19,20). The highest BCUT2D eigenvalue weighted by Crippen LogP contribution is 2.27. The van der Waals surface area contributed by atoms with Gasteiger partial charge in [-0.15, -0.1) is 0 Å². The van der Waals surface area contributed by atoms with Gasteiger partial charge in [-0.3, -0.25) is 9.78 Å². The van der Waals surface area contributed by atoms with E-state index in [0.717, 1.165) is 17.5 Å². The molecule has 2 rings (SSSR count). The van der Waals surface area contributed by atoms with Crippen LogP contribution in [0.25, 0.3) is 0 Å². The maximum absolute atomic E-state index is 11.6. The van der Waals surface area contributed by atoms with Gasteiger partial charge in [-0.1, -0.05) is 38.1 Å². The molecule has 0 aliphatic rings. The third kappa shape index (κ3) is 3.05. The molecule has 2 atom stereocenters. The van der Waals surface area contributed by atoms with Gasteiger partial charge in [-0.25, -0.2) is 0 Å². The van der Waals surface area contributed by atoms with Gasteiger partial charge in [0.2, 0.25) is 0 Å². The Morgan fingerprint density at radius 3 is 2.05 bits per heavy atom. The lowest BCUT2D eigenvalue weighted by molar-refractivity contribution is -0.137. The molecule has 3 nitrogen and oxygen atoms in total. The first kappa shape index (κ1) is 14.3. The van der Waals surface area contributed by atoms with Crippen LogP contribution in [0.5, 0.6) is 0 Å². The molecule has 0 fully saturated rings. The third-order valence-electron chi connectivity index (χ3n) is 3.74. The molecule has 3 heteroatoms. The zero-order chi connectivity index (χ0) is 14.5. The number of hydrogen-bond acceptors (Lipinski definition) is 2. The van der Waals surface area contributed by atoms with Crippen molar-refractivity contribution in [1.29, 1.82) is 0 Å². The first-order valence-electron chi connectivity index (χ1n) is 6.86. The van der Waals surface area contributed by atoms with E-state index >= 15 is 0 Å². The van der Waals surface area contributed by atoms with E-state index in [1.54, 1.807) is 24.5 Å². The predicted molar refractivity (Wildman–Crippen MR) is 78.9 cm³/mol. The monoisotopic (exact) mass is 269 g/mol. The van der Waals surface area contributed by atoms with Gasteiger partial charge in [-0.05, 0) is 41.2 Å². The molecule has 0 radical (unpaired) electrons. The maximum atomic E-state index is 11.6. The highest BCUT2D eigenvalue weighted by Gasteiger charge is 2.21. The molecule has 2 unspecified atom stereocenters. The number of carboxylic acid groups (broad SMARTS) is 1. The SMILES string of the molecule is CCC(C)c1ccc(C(C(=O)O)c2ccncc2)cc1. The summed E-state index contributed by atoms with van der Waals surface area (Å²) in [5.74, 6) is -0.982. The Morgan fingerprint density at radius 2 is 1.55 bits per heavy atom. The third-order valence-corrected chi connectivity index (χ3v) is 3.74. The smallest absolute Gasteiger partial charge is 0.315 e. The Bertz CT molecular complexity index is 563. The molecule has 0 aliphatic heterocycles. The lowest BCUT2D eigenvalue weighted by atomic mass is 9.89. The van der Waals surface area contributed by atoms with E-state index in [-0.39, 0.29) is 0 Å². The summed E-state index contributed by atoms with van der Waals surface area (Å²) in [5.41, 5.74) is 2.80. The van der Waals surface area contributed by atoms with Crippen LogP contribution >= 0.6 is 0 Å². The minimum absolute atomic E-state index is 0.494. The van der Waals surface area contributed by atoms with Crippen molar-refractivity contribution in [3.8, 4) is 0 Å². The summed E-state index contributed by atoms with van der Waals surface area (Å²) < 4.78 is 0. The van der Waals surface area contributed by atoms with Crippen molar-refractivity contribution in [2.45, 2.75) is 32.1 Å². The average Bonchev–Trinajstić information content (AvgIpc) is 2.48. The van der Waals surface area contributed by atoms with Crippen molar-refractivity contribution >= 4 is 5.97 Å². The summed E-state index contributed by atoms with van der Waals surface area (Å²) in [6.45, 7) is 4.32. The van der Waals surface area contributed by atoms with Crippen molar-refractivity contribution < 1.29 is 9.90 Å². The summed E-state index contributed by atoms with van der Waals surface area (Å²) in [6, 6.07) is 11.4. The molecule has 2 aromatic rings. The van der Waals surface area contributed by atoms with Crippen LogP contribution in [0.2, 0.25) is 0 Å². The van der Waals surface area contributed by atoms with Crippen molar-refractivity contribution in [2.75, 3.05) is 0 Å². The minimum atomic E-state index is -0.840. The fraction of sp³-hybridized carbons (Fsp3) is 0.294. The number of nitrogens with zero attached hydrogens (tertiary/aromatic N) is 1.